The predicted molar refractivity (Wildman–Crippen MR) is 97.9 cm³/mol. The number of rotatable bonds is 5. The fourth-order valence-electron chi connectivity index (χ4n) is 2.05. The maximum Gasteiger partial charge on any atom is 0.358 e. The monoisotopic (exact) mass is 390 g/mol. The molecule has 0 saturated carbocycles. The molecule has 1 N–H and O–H groups in total. The lowest BCUT2D eigenvalue weighted by Crippen LogP contribution is -2.21. The van der Waals surface area contributed by atoms with E-state index in [0.717, 1.165) is 0 Å². The van der Waals surface area contributed by atoms with Crippen LogP contribution in [0.4, 0.5) is 10.1 Å². The highest BCUT2D eigenvalue weighted by Gasteiger charge is 2.15. The zero-order valence-electron chi connectivity index (χ0n) is 13.2. The van der Waals surface area contributed by atoms with Gasteiger partial charge in [0.05, 0.1) is 10.7 Å². The Morgan fingerprint density at radius 2 is 1.88 bits per heavy atom. The van der Waals surface area contributed by atoms with E-state index < -0.39 is 18.5 Å². The van der Waals surface area contributed by atoms with E-state index in [0.29, 0.717) is 21.3 Å². The molecule has 3 aromatic rings. The second kappa shape index (κ2) is 8.07. The number of aromatic nitrogens is 1. The smallest absolute Gasteiger partial charge is 0.358 e. The van der Waals surface area contributed by atoms with E-state index in [1.54, 1.807) is 36.4 Å². The Hall–Kier alpha value is -2.77. The fourth-order valence-corrected chi connectivity index (χ4v) is 3.02. The summed E-state index contributed by atoms with van der Waals surface area (Å²) in [6.45, 7) is -0.465. The zero-order valence-corrected chi connectivity index (χ0v) is 14.8. The SMILES string of the molecule is O=C(COC(=O)c1csc(-c2ccc(F)cc2)n1)Nc1ccccc1Cl. The molecule has 0 aliphatic rings. The van der Waals surface area contributed by atoms with Gasteiger partial charge in [-0.2, -0.15) is 0 Å². The maximum absolute atomic E-state index is 13.0. The topological polar surface area (TPSA) is 68.3 Å². The van der Waals surface area contributed by atoms with Crippen LogP contribution in [0.5, 0.6) is 0 Å². The van der Waals surface area contributed by atoms with Gasteiger partial charge in [-0.1, -0.05) is 23.7 Å². The lowest BCUT2D eigenvalue weighted by atomic mass is 10.2. The number of halogens is 2. The van der Waals surface area contributed by atoms with Crippen molar-refractivity contribution < 1.29 is 18.7 Å². The third kappa shape index (κ3) is 4.44. The number of ether oxygens (including phenoxy) is 1. The van der Waals surface area contributed by atoms with Crippen LogP contribution in [0.25, 0.3) is 10.6 Å². The number of amides is 1. The first-order valence-electron chi connectivity index (χ1n) is 7.46. The summed E-state index contributed by atoms with van der Waals surface area (Å²) >= 11 is 7.17. The Balaban J connectivity index is 1.58. The number of esters is 1. The molecule has 132 valence electrons. The number of nitrogens with zero attached hydrogens (tertiary/aromatic N) is 1. The molecule has 0 bridgehead atoms. The average Bonchev–Trinajstić information content (AvgIpc) is 3.12. The van der Waals surface area contributed by atoms with Crippen molar-refractivity contribution in [2.45, 2.75) is 0 Å². The van der Waals surface area contributed by atoms with Crippen LogP contribution in [0.15, 0.2) is 53.9 Å². The van der Waals surface area contributed by atoms with Crippen molar-refractivity contribution in [1.29, 1.82) is 0 Å². The van der Waals surface area contributed by atoms with E-state index in [1.807, 2.05) is 0 Å². The Bertz CT molecular complexity index is 944. The molecule has 1 heterocycles. The van der Waals surface area contributed by atoms with Crippen molar-refractivity contribution in [3.05, 3.63) is 70.4 Å². The molecule has 0 spiro atoms. The van der Waals surface area contributed by atoms with Gasteiger partial charge in [-0.3, -0.25) is 4.79 Å². The molecule has 3 rings (SSSR count). The van der Waals surface area contributed by atoms with Crippen LogP contribution in [0.3, 0.4) is 0 Å². The number of para-hydroxylation sites is 1. The number of thiazole rings is 1. The number of nitrogens with one attached hydrogen (secondary N) is 1. The van der Waals surface area contributed by atoms with Crippen molar-refractivity contribution >= 4 is 40.5 Å². The minimum atomic E-state index is -0.719. The van der Waals surface area contributed by atoms with E-state index in [-0.39, 0.29) is 11.5 Å². The van der Waals surface area contributed by atoms with Gasteiger partial charge in [0.25, 0.3) is 5.91 Å². The largest absolute Gasteiger partial charge is 0.451 e. The summed E-state index contributed by atoms with van der Waals surface area (Å²) in [5, 5.41) is 5.01. The highest BCUT2D eigenvalue weighted by molar-refractivity contribution is 7.13. The summed E-state index contributed by atoms with van der Waals surface area (Å²) in [4.78, 5) is 28.0. The van der Waals surface area contributed by atoms with E-state index in [1.165, 1.54) is 28.8 Å². The van der Waals surface area contributed by atoms with Crippen LogP contribution in [-0.2, 0) is 9.53 Å². The Morgan fingerprint density at radius 3 is 2.62 bits per heavy atom. The van der Waals surface area contributed by atoms with Crippen LogP contribution < -0.4 is 5.32 Å². The molecule has 1 amide bonds. The van der Waals surface area contributed by atoms with Crippen LogP contribution in [-0.4, -0.2) is 23.5 Å². The molecule has 26 heavy (non-hydrogen) atoms. The molecule has 1 aromatic heterocycles. The Morgan fingerprint density at radius 1 is 1.15 bits per heavy atom. The number of carbonyl (C=O) groups is 2. The quantitative estimate of drug-likeness (QED) is 0.656. The van der Waals surface area contributed by atoms with Crippen molar-refractivity contribution in [2.24, 2.45) is 0 Å². The maximum atomic E-state index is 13.0. The molecule has 0 unspecified atom stereocenters. The van der Waals surface area contributed by atoms with E-state index >= 15 is 0 Å². The number of carbonyl (C=O) groups excluding carboxylic acids is 2. The van der Waals surface area contributed by atoms with Crippen LogP contribution >= 0.6 is 22.9 Å². The van der Waals surface area contributed by atoms with Crippen molar-refractivity contribution in [2.75, 3.05) is 11.9 Å². The second-order valence-corrected chi connectivity index (χ2v) is 6.41. The summed E-state index contributed by atoms with van der Waals surface area (Å²) in [5.74, 6) is -1.58. The van der Waals surface area contributed by atoms with Gasteiger partial charge in [0.1, 0.15) is 10.8 Å². The van der Waals surface area contributed by atoms with Gasteiger partial charge in [0, 0.05) is 10.9 Å². The Kier molecular flexibility index (Phi) is 5.60. The van der Waals surface area contributed by atoms with Gasteiger partial charge in [0.15, 0.2) is 12.3 Å². The molecular formula is C18H12ClFN2O3S. The number of hydrogen-bond acceptors (Lipinski definition) is 5. The third-order valence-corrected chi connectivity index (χ3v) is 4.51. The predicted octanol–water partition coefficient (Wildman–Crippen LogP) is 4.40. The van der Waals surface area contributed by atoms with Gasteiger partial charge in [-0.05, 0) is 36.4 Å². The van der Waals surface area contributed by atoms with E-state index in [4.69, 9.17) is 16.3 Å². The average molecular weight is 391 g/mol. The van der Waals surface area contributed by atoms with E-state index in [2.05, 4.69) is 10.3 Å². The van der Waals surface area contributed by atoms with Crippen molar-refractivity contribution in [3.63, 3.8) is 0 Å². The standard InChI is InChI=1S/C18H12ClFN2O3S/c19-13-3-1-2-4-14(13)21-16(23)9-25-18(24)15-10-26-17(22-15)11-5-7-12(20)8-6-11/h1-8,10H,9H2,(H,21,23). The number of benzene rings is 2. The molecule has 0 aliphatic heterocycles. The van der Waals surface area contributed by atoms with E-state index in [9.17, 15) is 14.0 Å². The summed E-state index contributed by atoms with van der Waals surface area (Å²) in [5.41, 5.74) is 1.20. The van der Waals surface area contributed by atoms with Crippen molar-refractivity contribution in [1.82, 2.24) is 4.98 Å². The summed E-state index contributed by atoms with van der Waals surface area (Å²) in [6, 6.07) is 12.5. The number of anilines is 1. The molecular weight excluding hydrogens is 379 g/mol. The summed E-state index contributed by atoms with van der Waals surface area (Å²) in [6.07, 6.45) is 0. The molecule has 0 saturated heterocycles. The highest BCUT2D eigenvalue weighted by atomic mass is 35.5. The molecule has 0 fully saturated rings. The van der Waals surface area contributed by atoms with Gasteiger partial charge >= 0.3 is 5.97 Å². The molecule has 0 aliphatic carbocycles. The minimum absolute atomic E-state index is 0.0832. The van der Waals surface area contributed by atoms with Crippen LogP contribution in [0, 0.1) is 5.82 Å². The normalized spacial score (nSPS) is 10.4. The zero-order chi connectivity index (χ0) is 18.5. The molecule has 2 aromatic carbocycles. The first kappa shape index (κ1) is 18.0. The van der Waals surface area contributed by atoms with Crippen molar-refractivity contribution in [3.8, 4) is 10.6 Å². The fraction of sp³-hybridized carbons (Fsp3) is 0.0556. The summed E-state index contributed by atoms with van der Waals surface area (Å²) < 4.78 is 17.9. The minimum Gasteiger partial charge on any atom is -0.451 e. The van der Waals surface area contributed by atoms with Gasteiger partial charge in [-0.15, -0.1) is 11.3 Å². The highest BCUT2D eigenvalue weighted by Crippen LogP contribution is 2.24. The third-order valence-electron chi connectivity index (χ3n) is 3.29. The first-order valence-corrected chi connectivity index (χ1v) is 8.71. The first-order chi connectivity index (χ1) is 12.5. The van der Waals surface area contributed by atoms with Gasteiger partial charge in [0.2, 0.25) is 0 Å². The van der Waals surface area contributed by atoms with Crippen LogP contribution in [0.2, 0.25) is 5.02 Å². The Labute approximate surface area is 157 Å². The molecule has 0 atom stereocenters. The van der Waals surface area contributed by atoms with Gasteiger partial charge < -0.3 is 10.1 Å². The molecule has 8 heteroatoms. The number of hydrogen-bond donors (Lipinski definition) is 1. The summed E-state index contributed by atoms with van der Waals surface area (Å²) in [7, 11) is 0. The van der Waals surface area contributed by atoms with Gasteiger partial charge in [-0.25, -0.2) is 14.2 Å². The molecule has 5 nitrogen and oxygen atoms in total. The lowest BCUT2D eigenvalue weighted by Gasteiger charge is -2.07. The van der Waals surface area contributed by atoms with Crippen LogP contribution in [0.1, 0.15) is 10.5 Å². The second-order valence-electron chi connectivity index (χ2n) is 5.15. The molecule has 0 radical (unpaired) electrons. The lowest BCUT2D eigenvalue weighted by molar-refractivity contribution is -0.119.